The number of hydrogen-bond acceptors (Lipinski definition) is 3. The minimum atomic E-state index is 0. The van der Waals surface area contributed by atoms with E-state index in [-0.39, 0.29) is 20.1 Å². The molecule has 5 aromatic carbocycles. The van der Waals surface area contributed by atoms with E-state index >= 15 is 0 Å². The third-order valence-electron chi connectivity index (χ3n) is 6.45. The number of hydrogen-bond donors (Lipinski definition) is 0. The molecule has 0 saturated carbocycles. The van der Waals surface area contributed by atoms with Crippen LogP contribution in [0.2, 0.25) is 0 Å². The monoisotopic (exact) mass is 680 g/mol. The van der Waals surface area contributed by atoms with Crippen LogP contribution in [0.25, 0.3) is 55.1 Å². The van der Waals surface area contributed by atoms with Crippen molar-refractivity contribution in [3.8, 4) is 22.6 Å². The van der Waals surface area contributed by atoms with Gasteiger partial charge in [-0.05, 0) is 39.4 Å². The average molecular weight is 680 g/mol. The summed E-state index contributed by atoms with van der Waals surface area (Å²) in [6, 6.07) is 41.5. The number of fused-ring (bicyclic) bond motifs is 3. The second-order valence-electron chi connectivity index (χ2n) is 9.40. The predicted molar refractivity (Wildman–Crippen MR) is 157 cm³/mol. The summed E-state index contributed by atoms with van der Waals surface area (Å²) >= 11 is 0. The maximum absolute atomic E-state index is 4.65. The van der Waals surface area contributed by atoms with Crippen LogP contribution in [-0.2, 0) is 20.1 Å². The van der Waals surface area contributed by atoms with E-state index in [1.165, 1.54) is 27.1 Å². The van der Waals surface area contributed by atoms with E-state index in [1.54, 1.807) is 0 Å². The van der Waals surface area contributed by atoms with E-state index in [1.807, 2.05) is 54.9 Å². The Hall–Kier alpha value is -4.24. The molecule has 0 bridgehead atoms. The van der Waals surface area contributed by atoms with E-state index in [2.05, 4.69) is 102 Å². The van der Waals surface area contributed by atoms with Gasteiger partial charge in [0.25, 0.3) is 0 Å². The van der Waals surface area contributed by atoms with Crippen molar-refractivity contribution in [1.29, 1.82) is 0 Å². The summed E-state index contributed by atoms with van der Waals surface area (Å²) in [6.45, 7) is 4.17. The fourth-order valence-corrected chi connectivity index (χ4v) is 4.65. The topological polar surface area (TPSA) is 38.7 Å². The van der Waals surface area contributed by atoms with Crippen molar-refractivity contribution < 1.29 is 20.1 Å². The van der Waals surface area contributed by atoms with E-state index in [0.717, 1.165) is 33.3 Å². The molecule has 4 heteroatoms. The Kier molecular flexibility index (Phi) is 7.88. The van der Waals surface area contributed by atoms with Crippen molar-refractivity contribution in [3.05, 3.63) is 139 Å². The first kappa shape index (κ1) is 26.4. The molecule has 0 aliphatic rings. The molecule has 7 rings (SSSR count). The summed E-state index contributed by atoms with van der Waals surface area (Å²) in [4.78, 5) is 13.6. The Morgan fingerprint density at radius 3 is 1.97 bits per heavy atom. The third kappa shape index (κ3) is 5.93. The number of nitrogens with zero attached hydrogens (tertiary/aromatic N) is 3. The van der Waals surface area contributed by atoms with Crippen LogP contribution in [0.4, 0.5) is 0 Å². The van der Waals surface area contributed by atoms with Gasteiger partial charge in [0.15, 0.2) is 0 Å². The molecular weight excluding hydrogens is 655 g/mol. The molecule has 0 aliphatic carbocycles. The Labute approximate surface area is 242 Å². The van der Waals surface area contributed by atoms with E-state index in [4.69, 9.17) is 0 Å². The molecule has 0 spiro atoms. The molecule has 0 unspecified atom stereocenters. The van der Waals surface area contributed by atoms with Gasteiger partial charge < -0.3 is 4.98 Å². The zero-order valence-electron chi connectivity index (χ0n) is 21.6. The first-order valence-corrected chi connectivity index (χ1v) is 12.6. The van der Waals surface area contributed by atoms with Crippen LogP contribution in [0.15, 0.2) is 116 Å². The Bertz CT molecular complexity index is 1880. The van der Waals surface area contributed by atoms with Crippen LogP contribution in [0, 0.1) is 26.0 Å². The van der Waals surface area contributed by atoms with Gasteiger partial charge in [-0.2, -0.15) is 0 Å². The first-order chi connectivity index (χ1) is 18.6. The Morgan fingerprint density at radius 1 is 0.590 bits per heavy atom. The summed E-state index contributed by atoms with van der Waals surface area (Å²) in [5.41, 5.74) is 6.34. The molecule has 3 nitrogen and oxygen atoms in total. The molecule has 7 aromatic rings. The molecule has 191 valence electrons. The van der Waals surface area contributed by atoms with E-state index in [9.17, 15) is 0 Å². The third-order valence-corrected chi connectivity index (χ3v) is 6.45. The molecule has 0 aliphatic heterocycles. The van der Waals surface area contributed by atoms with Gasteiger partial charge in [-0.1, -0.05) is 68.4 Å². The van der Waals surface area contributed by atoms with Crippen LogP contribution in [0.3, 0.4) is 0 Å². The summed E-state index contributed by atoms with van der Waals surface area (Å²) in [6.07, 6.45) is 3.81. The van der Waals surface area contributed by atoms with Crippen molar-refractivity contribution in [2.75, 3.05) is 0 Å². The van der Waals surface area contributed by atoms with E-state index in [0.29, 0.717) is 5.82 Å². The van der Waals surface area contributed by atoms with Crippen LogP contribution in [-0.4, -0.2) is 15.0 Å². The van der Waals surface area contributed by atoms with Crippen LogP contribution < -0.4 is 0 Å². The average Bonchev–Trinajstić information content (AvgIpc) is 2.96. The maximum Gasteiger partial charge on any atom is 0.0755 e. The fourth-order valence-electron chi connectivity index (χ4n) is 4.65. The molecule has 1 radical (unpaired) electrons. The largest absolute Gasteiger partial charge is 0.304 e. The number of pyridine rings is 1. The minimum absolute atomic E-state index is 0. The van der Waals surface area contributed by atoms with Gasteiger partial charge in [-0.3, -0.25) is 9.97 Å². The van der Waals surface area contributed by atoms with Crippen LogP contribution in [0.1, 0.15) is 11.1 Å². The van der Waals surface area contributed by atoms with Crippen molar-refractivity contribution in [2.24, 2.45) is 0 Å². The smallest absolute Gasteiger partial charge is 0.0755 e. The number of benzene rings is 5. The van der Waals surface area contributed by atoms with Gasteiger partial charge in [0.2, 0.25) is 0 Å². The van der Waals surface area contributed by atoms with Crippen LogP contribution in [0.5, 0.6) is 0 Å². The molecular formula is C35H25IrN3-2. The zero-order valence-corrected chi connectivity index (χ0v) is 24.0. The van der Waals surface area contributed by atoms with Gasteiger partial charge in [0.1, 0.15) is 0 Å². The maximum atomic E-state index is 4.65. The molecule has 0 amide bonds. The number of aromatic nitrogens is 3. The summed E-state index contributed by atoms with van der Waals surface area (Å²) in [5, 5.41) is 5.85. The zero-order chi connectivity index (χ0) is 25.9. The van der Waals surface area contributed by atoms with Gasteiger partial charge in [0, 0.05) is 37.9 Å². The van der Waals surface area contributed by atoms with Crippen molar-refractivity contribution >= 4 is 32.4 Å². The van der Waals surface area contributed by atoms with Gasteiger partial charge in [-0.15, -0.1) is 70.8 Å². The molecule has 39 heavy (non-hydrogen) atoms. The second-order valence-corrected chi connectivity index (χ2v) is 9.40. The van der Waals surface area contributed by atoms with Gasteiger partial charge in [0.05, 0.1) is 11.3 Å². The molecule has 0 fully saturated rings. The minimum Gasteiger partial charge on any atom is -0.304 e. The van der Waals surface area contributed by atoms with Crippen LogP contribution >= 0.6 is 0 Å². The Balaban J connectivity index is 0.000000155. The first-order valence-electron chi connectivity index (χ1n) is 12.6. The summed E-state index contributed by atoms with van der Waals surface area (Å²) < 4.78 is 0. The van der Waals surface area contributed by atoms with Gasteiger partial charge >= 0.3 is 0 Å². The molecule has 0 saturated heterocycles. The number of rotatable bonds is 2. The Morgan fingerprint density at radius 2 is 1.26 bits per heavy atom. The quantitative estimate of drug-likeness (QED) is 0.136. The SMILES string of the molecule is Cc1[c-]c(-c2cc3ccccc3cn2)cc(C)c1.[Ir].[c-]1ccccc1-c1ncc2cc3ccccc3cc2n1. The molecule has 0 atom stereocenters. The van der Waals surface area contributed by atoms with Crippen molar-refractivity contribution in [3.63, 3.8) is 0 Å². The second kappa shape index (κ2) is 11.7. The fraction of sp³-hybridized carbons (Fsp3) is 0.0571. The molecule has 2 heterocycles. The standard InChI is InChI=1S/C18H11N2.C17H14N.Ir/c1-2-6-13(7-3-1)18-19-12-16-10-14-8-4-5-9-15(14)11-17(16)20-18;1-12-7-13(2)9-16(8-12)17-10-14-5-3-4-6-15(14)11-18-17;/h1-6,8-12H;3-8,10-11H,1-2H3;/q2*-1;. The predicted octanol–water partition coefficient (Wildman–Crippen LogP) is 8.57. The normalized spacial score (nSPS) is 10.6. The molecule has 0 N–H and O–H groups in total. The van der Waals surface area contributed by atoms with Crippen molar-refractivity contribution in [1.82, 2.24) is 15.0 Å². The summed E-state index contributed by atoms with van der Waals surface area (Å²) in [7, 11) is 0. The van der Waals surface area contributed by atoms with Crippen molar-refractivity contribution in [2.45, 2.75) is 13.8 Å². The summed E-state index contributed by atoms with van der Waals surface area (Å²) in [5.74, 6) is 0.716. The molecule has 2 aromatic heterocycles. The van der Waals surface area contributed by atoms with E-state index < -0.39 is 0 Å². The number of aryl methyl sites for hydroxylation is 2. The van der Waals surface area contributed by atoms with Gasteiger partial charge in [-0.25, -0.2) is 0 Å².